The van der Waals surface area contributed by atoms with E-state index in [0.29, 0.717) is 19.5 Å². The summed E-state index contributed by atoms with van der Waals surface area (Å²) in [5.41, 5.74) is 0. The van der Waals surface area contributed by atoms with Crippen molar-refractivity contribution in [3.63, 3.8) is 0 Å². The third-order valence-corrected chi connectivity index (χ3v) is 3.24. The highest BCUT2D eigenvalue weighted by Gasteiger charge is 2.32. The fourth-order valence-electron chi connectivity index (χ4n) is 1.94. The highest BCUT2D eigenvalue weighted by molar-refractivity contribution is 5.87. The minimum Gasteiger partial charge on any atom is -0.380 e. The molecule has 6 nitrogen and oxygen atoms in total. The molecule has 0 spiro atoms. The van der Waals surface area contributed by atoms with Crippen molar-refractivity contribution in [2.24, 2.45) is 0 Å². The molecule has 0 radical (unpaired) electrons. The van der Waals surface area contributed by atoms with Gasteiger partial charge in [0.15, 0.2) is 0 Å². The average Bonchev–Trinajstić information content (AvgIpc) is 2.83. The van der Waals surface area contributed by atoms with Gasteiger partial charge in [-0.25, -0.2) is 0 Å². The van der Waals surface area contributed by atoms with Crippen LogP contribution in [0.15, 0.2) is 0 Å². The molecule has 0 bridgehead atoms. The molecule has 18 heavy (non-hydrogen) atoms. The van der Waals surface area contributed by atoms with E-state index in [9.17, 15) is 9.59 Å². The zero-order valence-corrected chi connectivity index (χ0v) is 11.6. The van der Waals surface area contributed by atoms with Crippen molar-refractivity contribution in [1.29, 1.82) is 0 Å². The summed E-state index contributed by atoms with van der Waals surface area (Å²) in [5.74, 6) is -0.0845. The first-order valence-electron chi connectivity index (χ1n) is 6.24. The molecule has 0 aromatic carbocycles. The maximum atomic E-state index is 12.2. The molecule has 1 N–H and O–H groups in total. The van der Waals surface area contributed by atoms with E-state index in [4.69, 9.17) is 4.74 Å². The van der Waals surface area contributed by atoms with Crippen LogP contribution < -0.4 is 5.32 Å². The first-order chi connectivity index (χ1) is 8.49. The molecule has 1 aliphatic rings. The van der Waals surface area contributed by atoms with Crippen LogP contribution in [-0.4, -0.2) is 74.6 Å². The molecule has 1 rings (SSSR count). The van der Waals surface area contributed by atoms with E-state index < -0.39 is 0 Å². The van der Waals surface area contributed by atoms with Gasteiger partial charge in [-0.2, -0.15) is 0 Å². The van der Waals surface area contributed by atoms with E-state index in [-0.39, 0.29) is 30.5 Å². The Morgan fingerprint density at radius 3 is 2.50 bits per heavy atom. The van der Waals surface area contributed by atoms with Crippen LogP contribution in [0.4, 0.5) is 0 Å². The minimum atomic E-state index is -0.232. The van der Waals surface area contributed by atoms with E-state index in [1.165, 1.54) is 4.90 Å². The zero-order valence-electron chi connectivity index (χ0n) is 11.6. The molecule has 1 fully saturated rings. The van der Waals surface area contributed by atoms with Crippen LogP contribution in [0.3, 0.4) is 0 Å². The van der Waals surface area contributed by atoms with Crippen molar-refractivity contribution in [2.45, 2.75) is 25.5 Å². The monoisotopic (exact) mass is 257 g/mol. The molecule has 1 heterocycles. The fourth-order valence-corrected chi connectivity index (χ4v) is 1.94. The first-order valence-corrected chi connectivity index (χ1v) is 6.24. The molecule has 104 valence electrons. The van der Waals surface area contributed by atoms with Gasteiger partial charge in [0.05, 0.1) is 18.7 Å². The van der Waals surface area contributed by atoms with Crippen molar-refractivity contribution in [3.05, 3.63) is 0 Å². The molecule has 1 aliphatic heterocycles. The number of ether oxygens (including phenoxy) is 1. The number of nitrogens with one attached hydrogen (secondary N) is 1. The number of amides is 2. The Balaban J connectivity index is 2.55. The number of carbonyl (C=O) groups is 2. The average molecular weight is 257 g/mol. The summed E-state index contributed by atoms with van der Waals surface area (Å²) in [6.07, 6.45) is 0.754. The van der Waals surface area contributed by atoms with Gasteiger partial charge < -0.3 is 19.9 Å². The standard InChI is InChI=1S/C12H23N3O3/c1-5-15(8-11(16)14(2)3)12(17)10-6-9(18-4)7-13-10/h9-10,13H,5-8H2,1-4H3. The van der Waals surface area contributed by atoms with Crippen LogP contribution in [-0.2, 0) is 14.3 Å². The molecule has 6 heteroatoms. The smallest absolute Gasteiger partial charge is 0.241 e. The molecule has 2 unspecified atom stereocenters. The van der Waals surface area contributed by atoms with Crippen molar-refractivity contribution >= 4 is 11.8 Å². The highest BCUT2D eigenvalue weighted by Crippen LogP contribution is 2.12. The van der Waals surface area contributed by atoms with E-state index in [1.807, 2.05) is 6.92 Å². The number of nitrogens with zero attached hydrogens (tertiary/aromatic N) is 2. The lowest BCUT2D eigenvalue weighted by Gasteiger charge is -2.25. The third kappa shape index (κ3) is 3.68. The van der Waals surface area contributed by atoms with E-state index in [0.717, 1.165) is 0 Å². The number of likely N-dealkylation sites (N-methyl/N-ethyl adjacent to an activating group) is 2. The van der Waals surface area contributed by atoms with Crippen LogP contribution in [0.25, 0.3) is 0 Å². The van der Waals surface area contributed by atoms with Gasteiger partial charge in [-0.3, -0.25) is 9.59 Å². The Bertz CT molecular complexity index is 307. The topological polar surface area (TPSA) is 61.9 Å². The van der Waals surface area contributed by atoms with Gasteiger partial charge in [-0.05, 0) is 13.3 Å². The second-order valence-corrected chi connectivity index (χ2v) is 4.69. The maximum Gasteiger partial charge on any atom is 0.241 e. The number of rotatable bonds is 5. The first kappa shape index (κ1) is 14.9. The lowest BCUT2D eigenvalue weighted by Crippen LogP contribution is -2.47. The summed E-state index contributed by atoms with van der Waals surface area (Å²) in [4.78, 5) is 26.9. The second kappa shape index (κ2) is 6.70. The van der Waals surface area contributed by atoms with E-state index >= 15 is 0 Å². The minimum absolute atomic E-state index is 0.0211. The fraction of sp³-hybridized carbons (Fsp3) is 0.833. The third-order valence-electron chi connectivity index (χ3n) is 3.24. The molecule has 0 aliphatic carbocycles. The van der Waals surface area contributed by atoms with Crippen molar-refractivity contribution in [2.75, 3.05) is 40.8 Å². The van der Waals surface area contributed by atoms with Gasteiger partial charge in [-0.15, -0.1) is 0 Å². The van der Waals surface area contributed by atoms with Gasteiger partial charge in [0, 0.05) is 34.3 Å². The molecular weight excluding hydrogens is 234 g/mol. The Labute approximate surface area is 108 Å². The Kier molecular flexibility index (Phi) is 5.55. The molecule has 0 aromatic heterocycles. The van der Waals surface area contributed by atoms with E-state index in [2.05, 4.69) is 5.32 Å². The van der Waals surface area contributed by atoms with Crippen LogP contribution in [0.2, 0.25) is 0 Å². The Hall–Kier alpha value is -1.14. The lowest BCUT2D eigenvalue weighted by atomic mass is 10.1. The summed E-state index contributed by atoms with van der Waals surface area (Å²) >= 11 is 0. The number of hydrogen-bond acceptors (Lipinski definition) is 4. The summed E-state index contributed by atoms with van der Waals surface area (Å²) in [6, 6.07) is -0.232. The normalized spacial score (nSPS) is 22.9. The van der Waals surface area contributed by atoms with Crippen molar-refractivity contribution in [3.8, 4) is 0 Å². The van der Waals surface area contributed by atoms with Crippen LogP contribution in [0.1, 0.15) is 13.3 Å². The summed E-state index contributed by atoms with van der Waals surface area (Å²) in [5, 5.41) is 3.13. The van der Waals surface area contributed by atoms with Crippen LogP contribution in [0.5, 0.6) is 0 Å². The van der Waals surface area contributed by atoms with Crippen molar-refractivity contribution in [1.82, 2.24) is 15.1 Å². The van der Waals surface area contributed by atoms with Gasteiger partial charge in [0.25, 0.3) is 0 Å². The predicted octanol–water partition coefficient (Wildman–Crippen LogP) is -0.700. The molecule has 2 atom stereocenters. The molecule has 0 saturated carbocycles. The summed E-state index contributed by atoms with van der Waals surface area (Å²) in [7, 11) is 5.03. The lowest BCUT2D eigenvalue weighted by molar-refractivity contribution is -0.140. The van der Waals surface area contributed by atoms with Crippen molar-refractivity contribution < 1.29 is 14.3 Å². The van der Waals surface area contributed by atoms with Gasteiger partial charge >= 0.3 is 0 Å². The highest BCUT2D eigenvalue weighted by atomic mass is 16.5. The van der Waals surface area contributed by atoms with E-state index in [1.54, 1.807) is 26.1 Å². The number of methoxy groups -OCH3 is 1. The number of carbonyl (C=O) groups excluding carboxylic acids is 2. The molecule has 1 saturated heterocycles. The summed E-state index contributed by atoms with van der Waals surface area (Å²) in [6.45, 7) is 3.24. The Morgan fingerprint density at radius 2 is 2.06 bits per heavy atom. The quantitative estimate of drug-likeness (QED) is 0.707. The van der Waals surface area contributed by atoms with Gasteiger partial charge in [-0.1, -0.05) is 0 Å². The SMILES string of the molecule is CCN(CC(=O)N(C)C)C(=O)C1CC(OC)CN1. The Morgan fingerprint density at radius 1 is 1.39 bits per heavy atom. The molecule has 0 aromatic rings. The second-order valence-electron chi connectivity index (χ2n) is 4.69. The predicted molar refractivity (Wildman–Crippen MR) is 68.2 cm³/mol. The molecule has 2 amide bonds. The van der Waals surface area contributed by atoms with Gasteiger partial charge in [0.2, 0.25) is 11.8 Å². The number of hydrogen-bond donors (Lipinski definition) is 1. The van der Waals surface area contributed by atoms with Gasteiger partial charge in [0.1, 0.15) is 0 Å². The van der Waals surface area contributed by atoms with Crippen LogP contribution in [0, 0.1) is 0 Å². The molecular formula is C12H23N3O3. The zero-order chi connectivity index (χ0) is 13.7. The summed E-state index contributed by atoms with van der Waals surface area (Å²) < 4.78 is 5.22. The maximum absolute atomic E-state index is 12.2. The largest absolute Gasteiger partial charge is 0.380 e. The van der Waals surface area contributed by atoms with Crippen LogP contribution >= 0.6 is 0 Å².